The number of anilines is 1. The zero-order chi connectivity index (χ0) is 24.2. The Morgan fingerprint density at radius 3 is 2.74 bits per heavy atom. The molecule has 0 saturated carbocycles. The number of thiophene rings is 1. The Balaban J connectivity index is 1.32. The fraction of sp³-hybridized carbons (Fsp3) is 0.423. The van der Waals surface area contributed by atoms with E-state index < -0.39 is 5.91 Å². The monoisotopic (exact) mass is 495 g/mol. The molecule has 1 saturated heterocycles. The predicted octanol–water partition coefficient (Wildman–Crippen LogP) is 4.84. The lowest BCUT2D eigenvalue weighted by molar-refractivity contribution is 0.0858. The lowest BCUT2D eigenvalue weighted by Gasteiger charge is -2.15. The van der Waals surface area contributed by atoms with E-state index in [1.807, 2.05) is 31.2 Å². The number of carbonyl (C=O) groups excluding carboxylic acids is 2. The summed E-state index contributed by atoms with van der Waals surface area (Å²) < 4.78 is 16.5. The SMILES string of the molecule is CCOc1ccc(-c2cc(C(=O)Nc3sc4c(c3C(=O)NC[C@@H]3CCCO3)CCCC4)no2)cc1. The quantitative estimate of drug-likeness (QED) is 0.464. The number of rotatable bonds is 8. The van der Waals surface area contributed by atoms with Crippen molar-refractivity contribution in [2.45, 2.75) is 51.6 Å². The van der Waals surface area contributed by atoms with Crippen molar-refractivity contribution in [3.05, 3.63) is 52.0 Å². The van der Waals surface area contributed by atoms with Crippen molar-refractivity contribution >= 4 is 28.2 Å². The Kier molecular flexibility index (Phi) is 7.15. The van der Waals surface area contributed by atoms with Crippen molar-refractivity contribution in [1.82, 2.24) is 10.5 Å². The molecular weight excluding hydrogens is 466 g/mol. The van der Waals surface area contributed by atoms with E-state index in [-0.39, 0.29) is 17.7 Å². The highest BCUT2D eigenvalue weighted by molar-refractivity contribution is 7.17. The van der Waals surface area contributed by atoms with Crippen LogP contribution in [0.3, 0.4) is 0 Å². The van der Waals surface area contributed by atoms with Crippen LogP contribution in [0.15, 0.2) is 34.9 Å². The van der Waals surface area contributed by atoms with Crippen LogP contribution >= 0.6 is 11.3 Å². The third-order valence-corrected chi connectivity index (χ3v) is 7.54. The van der Waals surface area contributed by atoms with Gasteiger partial charge in [-0.2, -0.15) is 0 Å². The number of aryl methyl sites for hydroxylation is 1. The molecule has 2 aliphatic rings. The van der Waals surface area contributed by atoms with Crippen molar-refractivity contribution in [2.75, 3.05) is 25.1 Å². The van der Waals surface area contributed by atoms with Gasteiger partial charge in [0.05, 0.1) is 18.3 Å². The third-order valence-electron chi connectivity index (χ3n) is 6.33. The summed E-state index contributed by atoms with van der Waals surface area (Å²) in [7, 11) is 0. The maximum atomic E-state index is 13.2. The lowest BCUT2D eigenvalue weighted by atomic mass is 9.95. The van der Waals surface area contributed by atoms with Gasteiger partial charge in [-0.15, -0.1) is 11.3 Å². The molecule has 8 nitrogen and oxygen atoms in total. The average molecular weight is 496 g/mol. The summed E-state index contributed by atoms with van der Waals surface area (Å²) >= 11 is 1.48. The molecule has 2 aromatic heterocycles. The highest BCUT2D eigenvalue weighted by Gasteiger charge is 2.28. The number of nitrogens with zero attached hydrogens (tertiary/aromatic N) is 1. The molecule has 1 aliphatic heterocycles. The lowest BCUT2D eigenvalue weighted by Crippen LogP contribution is -2.32. The second-order valence-electron chi connectivity index (χ2n) is 8.75. The van der Waals surface area contributed by atoms with Gasteiger partial charge in [0.15, 0.2) is 11.5 Å². The summed E-state index contributed by atoms with van der Waals surface area (Å²) in [6.45, 7) is 3.74. The van der Waals surface area contributed by atoms with Crippen LogP contribution in [-0.2, 0) is 17.6 Å². The topological polar surface area (TPSA) is 103 Å². The van der Waals surface area contributed by atoms with Gasteiger partial charge in [-0.25, -0.2) is 0 Å². The number of ether oxygens (including phenoxy) is 2. The molecule has 3 heterocycles. The van der Waals surface area contributed by atoms with E-state index in [0.717, 1.165) is 62.0 Å². The molecule has 0 radical (unpaired) electrons. The molecular formula is C26H29N3O5S. The van der Waals surface area contributed by atoms with E-state index in [0.29, 0.717) is 29.5 Å². The van der Waals surface area contributed by atoms with Crippen LogP contribution in [0.5, 0.6) is 5.75 Å². The first-order valence-corrected chi connectivity index (χ1v) is 13.0. The number of amides is 2. The summed E-state index contributed by atoms with van der Waals surface area (Å²) in [4.78, 5) is 27.4. The van der Waals surface area contributed by atoms with E-state index in [2.05, 4.69) is 15.8 Å². The molecule has 3 aromatic rings. The summed E-state index contributed by atoms with van der Waals surface area (Å²) in [6.07, 6.45) is 5.93. The summed E-state index contributed by atoms with van der Waals surface area (Å²) in [5.74, 6) is 0.682. The largest absolute Gasteiger partial charge is 0.494 e. The summed E-state index contributed by atoms with van der Waals surface area (Å²) in [5, 5.41) is 10.5. The first-order chi connectivity index (χ1) is 17.1. The number of nitrogens with one attached hydrogen (secondary N) is 2. The number of benzene rings is 1. The van der Waals surface area contributed by atoms with Crippen molar-refractivity contribution in [3.63, 3.8) is 0 Å². The molecule has 1 atom stereocenters. The Morgan fingerprint density at radius 2 is 1.97 bits per heavy atom. The molecule has 184 valence electrons. The van der Waals surface area contributed by atoms with Gasteiger partial charge in [0, 0.05) is 29.7 Å². The van der Waals surface area contributed by atoms with Gasteiger partial charge < -0.3 is 24.6 Å². The standard InChI is InChI=1S/C26H29N3O5S/c1-2-32-17-11-9-16(10-12-17)21-14-20(29-34-21)24(30)28-26-23(19-7-3-4-8-22(19)35-26)25(31)27-15-18-6-5-13-33-18/h9-12,14,18H,2-8,13,15H2,1H3,(H,27,31)(H,28,30)/t18-/m0/s1. The second-order valence-corrected chi connectivity index (χ2v) is 9.85. The van der Waals surface area contributed by atoms with Crippen LogP contribution in [0, 0.1) is 0 Å². The fourth-order valence-corrected chi connectivity index (χ4v) is 5.84. The van der Waals surface area contributed by atoms with Crippen molar-refractivity contribution in [1.29, 1.82) is 0 Å². The Bertz CT molecular complexity index is 1190. The minimum Gasteiger partial charge on any atom is -0.494 e. The van der Waals surface area contributed by atoms with Gasteiger partial charge in [0.2, 0.25) is 0 Å². The van der Waals surface area contributed by atoms with E-state index in [4.69, 9.17) is 14.0 Å². The highest BCUT2D eigenvalue weighted by atomic mass is 32.1. The predicted molar refractivity (Wildman–Crippen MR) is 133 cm³/mol. The summed E-state index contributed by atoms with van der Waals surface area (Å²) in [5.41, 5.74) is 2.58. The van der Waals surface area contributed by atoms with Gasteiger partial charge in [0.1, 0.15) is 10.8 Å². The average Bonchev–Trinajstić information content (AvgIpc) is 3.63. The van der Waals surface area contributed by atoms with Crippen LogP contribution < -0.4 is 15.4 Å². The molecule has 35 heavy (non-hydrogen) atoms. The maximum absolute atomic E-state index is 13.2. The number of fused-ring (bicyclic) bond motifs is 1. The van der Waals surface area contributed by atoms with Crippen LogP contribution in [0.2, 0.25) is 0 Å². The van der Waals surface area contributed by atoms with E-state index in [9.17, 15) is 9.59 Å². The molecule has 2 amide bonds. The second kappa shape index (κ2) is 10.6. The first-order valence-electron chi connectivity index (χ1n) is 12.2. The molecule has 1 aliphatic carbocycles. The molecule has 1 fully saturated rings. The first kappa shape index (κ1) is 23.6. The van der Waals surface area contributed by atoms with Crippen molar-refractivity contribution < 1.29 is 23.6 Å². The molecule has 2 N–H and O–H groups in total. The van der Waals surface area contributed by atoms with Gasteiger partial charge >= 0.3 is 0 Å². The van der Waals surface area contributed by atoms with Crippen LogP contribution in [0.1, 0.15) is 63.9 Å². The smallest absolute Gasteiger partial charge is 0.278 e. The molecule has 0 unspecified atom stereocenters. The molecule has 0 bridgehead atoms. The molecule has 9 heteroatoms. The number of hydrogen-bond acceptors (Lipinski definition) is 7. The Hall–Kier alpha value is -3.17. The van der Waals surface area contributed by atoms with Gasteiger partial charge in [-0.1, -0.05) is 5.16 Å². The zero-order valence-corrected chi connectivity index (χ0v) is 20.5. The maximum Gasteiger partial charge on any atom is 0.278 e. The van der Waals surface area contributed by atoms with E-state index in [1.54, 1.807) is 6.07 Å². The molecule has 1 aromatic carbocycles. The van der Waals surface area contributed by atoms with E-state index >= 15 is 0 Å². The number of aromatic nitrogens is 1. The molecule has 0 spiro atoms. The van der Waals surface area contributed by atoms with Gasteiger partial charge in [0.25, 0.3) is 11.8 Å². The van der Waals surface area contributed by atoms with Gasteiger partial charge in [-0.05, 0) is 75.3 Å². The van der Waals surface area contributed by atoms with Gasteiger partial charge in [-0.3, -0.25) is 9.59 Å². The highest BCUT2D eigenvalue weighted by Crippen LogP contribution is 2.38. The van der Waals surface area contributed by atoms with Crippen LogP contribution in [-0.4, -0.2) is 42.8 Å². The minimum atomic E-state index is -0.405. The number of carbonyl (C=O) groups is 2. The van der Waals surface area contributed by atoms with E-state index in [1.165, 1.54) is 16.2 Å². The van der Waals surface area contributed by atoms with Crippen LogP contribution in [0.4, 0.5) is 5.00 Å². The minimum absolute atomic E-state index is 0.0580. The summed E-state index contributed by atoms with van der Waals surface area (Å²) in [6, 6.07) is 9.02. The molecule has 5 rings (SSSR count). The zero-order valence-electron chi connectivity index (χ0n) is 19.7. The Morgan fingerprint density at radius 1 is 1.14 bits per heavy atom. The van der Waals surface area contributed by atoms with Crippen molar-refractivity contribution in [3.8, 4) is 17.1 Å². The van der Waals surface area contributed by atoms with Crippen molar-refractivity contribution in [2.24, 2.45) is 0 Å². The Labute approximate surface area is 208 Å². The number of hydrogen-bond donors (Lipinski definition) is 2. The fourth-order valence-electron chi connectivity index (χ4n) is 4.56. The third kappa shape index (κ3) is 5.26. The normalized spacial score (nSPS) is 17.1. The van der Waals surface area contributed by atoms with Crippen LogP contribution in [0.25, 0.3) is 11.3 Å².